The molecular weight excluding hydrogens is 202 g/mol. The zero-order valence-electron chi connectivity index (χ0n) is 10.2. The second-order valence-electron chi connectivity index (χ2n) is 4.17. The molecule has 3 nitrogen and oxygen atoms in total. The molecule has 0 unspecified atom stereocenters. The van der Waals surface area contributed by atoms with Gasteiger partial charge in [0.15, 0.2) is 6.29 Å². The molecule has 0 aromatic heterocycles. The van der Waals surface area contributed by atoms with Gasteiger partial charge in [0.05, 0.1) is 11.5 Å². The summed E-state index contributed by atoms with van der Waals surface area (Å²) in [5.74, 6) is 0. The van der Waals surface area contributed by atoms with E-state index in [1.54, 1.807) is 14.2 Å². The predicted octanol–water partition coefficient (Wildman–Crippen LogP) is 2.78. The fourth-order valence-corrected chi connectivity index (χ4v) is 1.51. The van der Waals surface area contributed by atoms with Crippen LogP contribution in [0.4, 0.5) is 0 Å². The summed E-state index contributed by atoms with van der Waals surface area (Å²) in [6.07, 6.45) is -0.380. The molecule has 0 N–H and O–H groups in total. The fourth-order valence-electron chi connectivity index (χ4n) is 1.51. The average molecular weight is 219 g/mol. The Labute approximate surface area is 96.6 Å². The smallest absolute Gasteiger partial charge is 0.183 e. The van der Waals surface area contributed by atoms with Gasteiger partial charge in [-0.1, -0.05) is 18.2 Å². The molecule has 0 bridgehead atoms. The Morgan fingerprint density at radius 3 is 2.38 bits per heavy atom. The van der Waals surface area contributed by atoms with E-state index in [9.17, 15) is 0 Å². The van der Waals surface area contributed by atoms with E-state index in [1.807, 2.05) is 38.1 Å². The zero-order valence-corrected chi connectivity index (χ0v) is 10.2. The van der Waals surface area contributed by atoms with E-state index >= 15 is 0 Å². The van der Waals surface area contributed by atoms with Crippen molar-refractivity contribution in [1.29, 1.82) is 5.26 Å². The van der Waals surface area contributed by atoms with Crippen molar-refractivity contribution in [3.05, 3.63) is 35.4 Å². The molecule has 0 aliphatic carbocycles. The SMILES string of the molecule is COC(OC)c1cccc(C(C)(C)C#N)c1. The Bertz CT molecular complexity index is 389. The monoisotopic (exact) mass is 219 g/mol. The highest BCUT2D eigenvalue weighted by Gasteiger charge is 2.21. The van der Waals surface area contributed by atoms with Gasteiger partial charge in [-0.25, -0.2) is 0 Å². The maximum atomic E-state index is 9.08. The third-order valence-electron chi connectivity index (χ3n) is 2.59. The maximum absolute atomic E-state index is 9.08. The van der Waals surface area contributed by atoms with E-state index in [1.165, 1.54) is 0 Å². The van der Waals surface area contributed by atoms with Gasteiger partial charge in [-0.3, -0.25) is 0 Å². The van der Waals surface area contributed by atoms with E-state index in [0.29, 0.717) is 0 Å². The molecule has 1 aromatic rings. The van der Waals surface area contributed by atoms with E-state index in [2.05, 4.69) is 6.07 Å². The molecule has 86 valence electrons. The first-order chi connectivity index (χ1) is 7.55. The minimum absolute atomic E-state index is 0.380. The summed E-state index contributed by atoms with van der Waals surface area (Å²) >= 11 is 0. The molecule has 0 fully saturated rings. The molecule has 0 heterocycles. The van der Waals surface area contributed by atoms with Gasteiger partial charge in [-0.15, -0.1) is 0 Å². The largest absolute Gasteiger partial charge is 0.352 e. The van der Waals surface area contributed by atoms with Crippen molar-refractivity contribution in [2.24, 2.45) is 0 Å². The van der Waals surface area contributed by atoms with Crippen LogP contribution in [0.3, 0.4) is 0 Å². The molecule has 0 atom stereocenters. The van der Waals surface area contributed by atoms with Crippen LogP contribution in [0.15, 0.2) is 24.3 Å². The van der Waals surface area contributed by atoms with Gasteiger partial charge in [-0.05, 0) is 25.5 Å². The van der Waals surface area contributed by atoms with Gasteiger partial charge in [0.25, 0.3) is 0 Å². The summed E-state index contributed by atoms with van der Waals surface area (Å²) in [7, 11) is 3.19. The van der Waals surface area contributed by atoms with Crippen LogP contribution in [-0.4, -0.2) is 14.2 Å². The molecule has 0 aliphatic rings. The molecule has 0 amide bonds. The minimum Gasteiger partial charge on any atom is -0.352 e. The van der Waals surface area contributed by atoms with Gasteiger partial charge < -0.3 is 9.47 Å². The summed E-state index contributed by atoms with van der Waals surface area (Å²) in [5.41, 5.74) is 1.39. The van der Waals surface area contributed by atoms with E-state index < -0.39 is 5.41 Å². The summed E-state index contributed by atoms with van der Waals surface area (Å²) < 4.78 is 10.4. The van der Waals surface area contributed by atoms with E-state index in [0.717, 1.165) is 11.1 Å². The molecule has 16 heavy (non-hydrogen) atoms. The van der Waals surface area contributed by atoms with Crippen LogP contribution in [0.25, 0.3) is 0 Å². The fraction of sp³-hybridized carbons (Fsp3) is 0.462. The van der Waals surface area contributed by atoms with Crippen molar-refractivity contribution in [1.82, 2.24) is 0 Å². The Morgan fingerprint density at radius 2 is 1.88 bits per heavy atom. The number of hydrogen-bond acceptors (Lipinski definition) is 3. The molecule has 1 aromatic carbocycles. The van der Waals surface area contributed by atoms with Crippen molar-refractivity contribution in [2.45, 2.75) is 25.6 Å². The molecule has 0 spiro atoms. The molecule has 0 aliphatic heterocycles. The van der Waals surface area contributed by atoms with Gasteiger partial charge in [0.1, 0.15) is 0 Å². The Hall–Kier alpha value is -1.37. The first-order valence-corrected chi connectivity index (χ1v) is 5.12. The predicted molar refractivity (Wildman–Crippen MR) is 61.8 cm³/mol. The van der Waals surface area contributed by atoms with Crippen LogP contribution >= 0.6 is 0 Å². The molecule has 0 radical (unpaired) electrons. The minimum atomic E-state index is -0.498. The highest BCUT2D eigenvalue weighted by atomic mass is 16.7. The lowest BCUT2D eigenvalue weighted by Gasteiger charge is -2.19. The lowest BCUT2D eigenvalue weighted by Crippen LogP contribution is -2.15. The van der Waals surface area contributed by atoms with Gasteiger partial charge >= 0.3 is 0 Å². The van der Waals surface area contributed by atoms with Crippen molar-refractivity contribution >= 4 is 0 Å². The summed E-state index contributed by atoms with van der Waals surface area (Å²) in [5, 5.41) is 9.08. The number of rotatable bonds is 4. The third kappa shape index (κ3) is 2.60. The Balaban J connectivity index is 3.09. The highest BCUT2D eigenvalue weighted by Crippen LogP contribution is 2.26. The number of nitrogens with zero attached hydrogens (tertiary/aromatic N) is 1. The standard InChI is InChI=1S/C13H17NO2/c1-13(2,9-14)11-7-5-6-10(8-11)12(15-3)16-4/h5-8,12H,1-4H3. The van der Waals surface area contributed by atoms with Gasteiger partial charge in [0.2, 0.25) is 0 Å². The lowest BCUT2D eigenvalue weighted by atomic mass is 9.85. The van der Waals surface area contributed by atoms with E-state index in [4.69, 9.17) is 14.7 Å². The summed E-state index contributed by atoms with van der Waals surface area (Å²) in [4.78, 5) is 0. The molecule has 3 heteroatoms. The normalized spacial score (nSPS) is 11.5. The summed E-state index contributed by atoms with van der Waals surface area (Å²) in [6.45, 7) is 3.78. The topological polar surface area (TPSA) is 42.2 Å². The number of nitriles is 1. The van der Waals surface area contributed by atoms with Gasteiger partial charge in [0, 0.05) is 19.8 Å². The van der Waals surface area contributed by atoms with Crippen LogP contribution < -0.4 is 0 Å². The first-order valence-electron chi connectivity index (χ1n) is 5.12. The van der Waals surface area contributed by atoms with Crippen molar-refractivity contribution in [3.63, 3.8) is 0 Å². The average Bonchev–Trinajstić information content (AvgIpc) is 2.31. The third-order valence-corrected chi connectivity index (χ3v) is 2.59. The maximum Gasteiger partial charge on any atom is 0.183 e. The van der Waals surface area contributed by atoms with Crippen LogP contribution in [-0.2, 0) is 14.9 Å². The van der Waals surface area contributed by atoms with Crippen LogP contribution in [0, 0.1) is 11.3 Å². The number of ether oxygens (including phenoxy) is 2. The van der Waals surface area contributed by atoms with E-state index in [-0.39, 0.29) is 6.29 Å². The highest BCUT2D eigenvalue weighted by molar-refractivity contribution is 5.34. The second-order valence-corrected chi connectivity index (χ2v) is 4.17. The van der Waals surface area contributed by atoms with Crippen molar-refractivity contribution in [2.75, 3.05) is 14.2 Å². The molecule has 0 saturated carbocycles. The number of benzene rings is 1. The zero-order chi connectivity index (χ0) is 12.2. The second kappa shape index (κ2) is 5.11. The van der Waals surface area contributed by atoms with Crippen LogP contribution in [0.1, 0.15) is 31.3 Å². The number of hydrogen-bond donors (Lipinski definition) is 0. The first kappa shape index (κ1) is 12.7. The molecule has 0 saturated heterocycles. The van der Waals surface area contributed by atoms with Crippen LogP contribution in [0.5, 0.6) is 0 Å². The Kier molecular flexibility index (Phi) is 4.05. The number of methoxy groups -OCH3 is 2. The van der Waals surface area contributed by atoms with Gasteiger partial charge in [-0.2, -0.15) is 5.26 Å². The van der Waals surface area contributed by atoms with Crippen molar-refractivity contribution < 1.29 is 9.47 Å². The van der Waals surface area contributed by atoms with Crippen molar-refractivity contribution in [3.8, 4) is 6.07 Å². The lowest BCUT2D eigenvalue weighted by molar-refractivity contribution is -0.106. The molecule has 1 rings (SSSR count). The van der Waals surface area contributed by atoms with Crippen LogP contribution in [0.2, 0.25) is 0 Å². The Morgan fingerprint density at radius 1 is 1.25 bits per heavy atom. The summed E-state index contributed by atoms with van der Waals surface area (Å²) in [6, 6.07) is 10.00. The molecular formula is C13H17NO2. The quantitative estimate of drug-likeness (QED) is 0.731.